The molecule has 0 aliphatic rings. The Hall–Kier alpha value is -1.03. The highest BCUT2D eigenvalue weighted by Crippen LogP contribution is 2.29. The molecule has 1 atom stereocenters. The molecule has 0 heterocycles. The third-order valence-corrected chi connectivity index (χ3v) is 2.91. The van der Waals surface area contributed by atoms with Crippen molar-refractivity contribution in [1.82, 2.24) is 5.32 Å². The zero-order chi connectivity index (χ0) is 13.1. The summed E-state index contributed by atoms with van der Waals surface area (Å²) >= 11 is 0. The molecule has 0 fully saturated rings. The lowest BCUT2D eigenvalue weighted by Gasteiger charge is -2.17. The predicted molar refractivity (Wildman–Crippen MR) is 62.6 cm³/mol. The molecule has 4 heteroatoms. The Kier molecular flexibility index (Phi) is 4.57. The van der Waals surface area contributed by atoms with Gasteiger partial charge < -0.3 is 5.32 Å². The van der Waals surface area contributed by atoms with Crippen LogP contribution in [0, 0.1) is 5.92 Å². The van der Waals surface area contributed by atoms with Gasteiger partial charge in [-0.1, -0.05) is 26.0 Å². The van der Waals surface area contributed by atoms with Crippen molar-refractivity contribution in [3.05, 3.63) is 35.4 Å². The van der Waals surface area contributed by atoms with Crippen LogP contribution in [0.5, 0.6) is 0 Å². The van der Waals surface area contributed by atoms with Gasteiger partial charge in [0, 0.05) is 12.6 Å². The molecule has 0 aliphatic heterocycles. The Balaban J connectivity index is 2.57. The molecule has 1 rings (SSSR count). The molecule has 0 aliphatic carbocycles. The summed E-state index contributed by atoms with van der Waals surface area (Å²) in [7, 11) is 0. The van der Waals surface area contributed by atoms with E-state index in [4.69, 9.17) is 0 Å². The van der Waals surface area contributed by atoms with Gasteiger partial charge in [-0.15, -0.1) is 0 Å². The minimum Gasteiger partial charge on any atom is -0.310 e. The number of benzene rings is 1. The van der Waals surface area contributed by atoms with Gasteiger partial charge >= 0.3 is 6.18 Å². The molecule has 0 aromatic heterocycles. The van der Waals surface area contributed by atoms with Gasteiger partial charge in [-0.25, -0.2) is 0 Å². The lowest BCUT2D eigenvalue weighted by molar-refractivity contribution is -0.137. The first-order valence-electron chi connectivity index (χ1n) is 5.70. The third-order valence-electron chi connectivity index (χ3n) is 2.91. The topological polar surface area (TPSA) is 12.0 Å². The van der Waals surface area contributed by atoms with Crippen molar-refractivity contribution >= 4 is 0 Å². The summed E-state index contributed by atoms with van der Waals surface area (Å²) in [5.41, 5.74) is 0.267. The van der Waals surface area contributed by atoms with Gasteiger partial charge in [0.25, 0.3) is 0 Å². The summed E-state index contributed by atoms with van der Waals surface area (Å²) in [6.07, 6.45) is -4.25. The van der Waals surface area contributed by atoms with E-state index in [1.165, 1.54) is 12.1 Å². The van der Waals surface area contributed by atoms with Crippen LogP contribution in [0.2, 0.25) is 0 Å². The van der Waals surface area contributed by atoms with Crippen LogP contribution in [-0.4, -0.2) is 6.04 Å². The van der Waals surface area contributed by atoms with E-state index in [1.807, 2.05) is 0 Å². The molecule has 0 unspecified atom stereocenters. The second kappa shape index (κ2) is 5.54. The van der Waals surface area contributed by atoms with Crippen LogP contribution in [0.3, 0.4) is 0 Å². The maximum absolute atomic E-state index is 12.3. The van der Waals surface area contributed by atoms with E-state index in [0.717, 1.165) is 17.7 Å². The summed E-state index contributed by atoms with van der Waals surface area (Å²) in [5.74, 6) is 0.504. The second-order valence-electron chi connectivity index (χ2n) is 4.61. The smallest absolute Gasteiger partial charge is 0.310 e. The van der Waals surface area contributed by atoms with Crippen LogP contribution in [-0.2, 0) is 12.7 Å². The molecule has 96 valence electrons. The van der Waals surface area contributed by atoms with E-state index in [1.54, 1.807) is 0 Å². The largest absolute Gasteiger partial charge is 0.416 e. The fourth-order valence-electron chi connectivity index (χ4n) is 1.33. The van der Waals surface area contributed by atoms with Crippen LogP contribution in [0.25, 0.3) is 0 Å². The molecule has 0 bridgehead atoms. The Morgan fingerprint density at radius 3 is 2.00 bits per heavy atom. The first-order valence-corrected chi connectivity index (χ1v) is 5.70. The standard InChI is InChI=1S/C13H18F3N/c1-9(2)10(3)17-8-11-4-6-12(7-5-11)13(14,15)16/h4-7,9-10,17H,8H2,1-3H3/t10-/m0/s1. The van der Waals surface area contributed by atoms with Crippen LogP contribution >= 0.6 is 0 Å². The average Bonchev–Trinajstić information content (AvgIpc) is 2.25. The maximum Gasteiger partial charge on any atom is 0.416 e. The minimum absolute atomic E-state index is 0.345. The normalized spacial score (nSPS) is 14.1. The SMILES string of the molecule is CC(C)[C@H](C)NCc1ccc(C(F)(F)F)cc1. The van der Waals surface area contributed by atoms with E-state index >= 15 is 0 Å². The first-order chi connectivity index (χ1) is 7.80. The molecule has 1 nitrogen and oxygen atoms in total. The molecule has 0 saturated carbocycles. The Morgan fingerprint density at radius 1 is 1.06 bits per heavy atom. The molecule has 0 amide bonds. The van der Waals surface area contributed by atoms with Gasteiger partial charge in [0.2, 0.25) is 0 Å². The van der Waals surface area contributed by atoms with Crippen molar-refractivity contribution in [2.45, 2.75) is 39.5 Å². The van der Waals surface area contributed by atoms with Crippen molar-refractivity contribution < 1.29 is 13.2 Å². The number of rotatable bonds is 4. The average molecular weight is 245 g/mol. The van der Waals surface area contributed by atoms with Crippen molar-refractivity contribution in [3.63, 3.8) is 0 Å². The van der Waals surface area contributed by atoms with Gasteiger partial charge in [0.05, 0.1) is 5.56 Å². The maximum atomic E-state index is 12.3. The molecule has 1 aromatic carbocycles. The number of hydrogen-bond acceptors (Lipinski definition) is 1. The number of hydrogen-bond donors (Lipinski definition) is 1. The molecular weight excluding hydrogens is 227 g/mol. The summed E-state index contributed by atoms with van der Waals surface area (Å²) in [5, 5.41) is 3.28. The zero-order valence-corrected chi connectivity index (χ0v) is 10.3. The lowest BCUT2D eigenvalue weighted by Crippen LogP contribution is -2.30. The van der Waals surface area contributed by atoms with E-state index in [0.29, 0.717) is 18.5 Å². The molecule has 17 heavy (non-hydrogen) atoms. The molecule has 1 aromatic rings. The Morgan fingerprint density at radius 2 is 1.59 bits per heavy atom. The fraction of sp³-hybridized carbons (Fsp3) is 0.538. The van der Waals surface area contributed by atoms with Crippen LogP contribution < -0.4 is 5.32 Å². The van der Waals surface area contributed by atoms with Crippen molar-refractivity contribution in [2.24, 2.45) is 5.92 Å². The lowest BCUT2D eigenvalue weighted by atomic mass is 10.1. The highest BCUT2D eigenvalue weighted by atomic mass is 19.4. The van der Waals surface area contributed by atoms with Gasteiger partial charge in [0.15, 0.2) is 0 Å². The molecule has 1 N–H and O–H groups in total. The fourth-order valence-corrected chi connectivity index (χ4v) is 1.33. The van der Waals surface area contributed by atoms with Gasteiger partial charge in [0.1, 0.15) is 0 Å². The quantitative estimate of drug-likeness (QED) is 0.849. The summed E-state index contributed by atoms with van der Waals surface area (Å²) in [6.45, 7) is 6.86. The third kappa shape index (κ3) is 4.38. The monoisotopic (exact) mass is 245 g/mol. The van der Waals surface area contributed by atoms with E-state index in [9.17, 15) is 13.2 Å². The van der Waals surface area contributed by atoms with E-state index in [-0.39, 0.29) is 0 Å². The van der Waals surface area contributed by atoms with Gasteiger partial charge in [-0.05, 0) is 30.5 Å². The predicted octanol–water partition coefficient (Wildman–Crippen LogP) is 3.84. The molecule has 0 radical (unpaired) electrons. The summed E-state index contributed by atoms with van der Waals surface area (Å²) < 4.78 is 37.0. The van der Waals surface area contributed by atoms with Crippen molar-refractivity contribution in [3.8, 4) is 0 Å². The van der Waals surface area contributed by atoms with E-state index < -0.39 is 11.7 Å². The Labute approximate surface area is 100 Å². The highest BCUT2D eigenvalue weighted by Gasteiger charge is 2.29. The molecule has 0 saturated heterocycles. The number of nitrogens with one attached hydrogen (secondary N) is 1. The molecular formula is C13H18F3N. The minimum atomic E-state index is -4.25. The first kappa shape index (κ1) is 14.0. The van der Waals surface area contributed by atoms with Gasteiger partial charge in [-0.2, -0.15) is 13.2 Å². The summed E-state index contributed by atoms with van der Waals surface area (Å²) in [4.78, 5) is 0. The van der Waals surface area contributed by atoms with Crippen molar-refractivity contribution in [2.75, 3.05) is 0 Å². The summed E-state index contributed by atoms with van der Waals surface area (Å²) in [6, 6.07) is 5.62. The number of alkyl halides is 3. The molecule has 0 spiro atoms. The van der Waals surface area contributed by atoms with E-state index in [2.05, 4.69) is 26.1 Å². The highest BCUT2D eigenvalue weighted by molar-refractivity contribution is 5.24. The number of halogens is 3. The van der Waals surface area contributed by atoms with Crippen LogP contribution in [0.4, 0.5) is 13.2 Å². The van der Waals surface area contributed by atoms with Crippen molar-refractivity contribution in [1.29, 1.82) is 0 Å². The van der Waals surface area contributed by atoms with Crippen LogP contribution in [0.1, 0.15) is 31.9 Å². The van der Waals surface area contributed by atoms with Gasteiger partial charge in [-0.3, -0.25) is 0 Å². The second-order valence-corrected chi connectivity index (χ2v) is 4.61. The van der Waals surface area contributed by atoms with Crippen LogP contribution in [0.15, 0.2) is 24.3 Å². The Bertz CT molecular complexity index is 341. The zero-order valence-electron chi connectivity index (χ0n) is 10.3.